The third-order valence-corrected chi connectivity index (χ3v) is 3.04. The second-order valence-electron chi connectivity index (χ2n) is 5.74. The number of rotatable bonds is 1. The van der Waals surface area contributed by atoms with E-state index in [0.717, 1.165) is 18.5 Å². The van der Waals surface area contributed by atoms with E-state index < -0.39 is 5.60 Å². The molecule has 1 aromatic carbocycles. The number of ether oxygens (including phenoxy) is 1. The molecule has 0 aromatic heterocycles. The smallest absolute Gasteiger partial charge is 0.315 e. The van der Waals surface area contributed by atoms with Gasteiger partial charge >= 0.3 is 5.97 Å². The summed E-state index contributed by atoms with van der Waals surface area (Å²) in [6, 6.07) is 8.15. The van der Waals surface area contributed by atoms with Gasteiger partial charge in [0.1, 0.15) is 5.60 Å². The molecule has 2 rings (SSSR count). The first-order valence-electron chi connectivity index (χ1n) is 6.49. The number of carbonyl (C=O) groups is 1. The number of benzene rings is 1. The SMILES string of the molecule is CC(C)(C)OC(=O)C1CNCCc2ccccc21. The lowest BCUT2D eigenvalue weighted by molar-refractivity contribution is -0.156. The predicted molar refractivity (Wildman–Crippen MR) is 71.6 cm³/mol. The Kier molecular flexibility index (Phi) is 3.71. The molecule has 1 aromatic rings. The molecule has 0 saturated carbocycles. The van der Waals surface area contributed by atoms with E-state index in [4.69, 9.17) is 4.74 Å². The van der Waals surface area contributed by atoms with Gasteiger partial charge in [-0.3, -0.25) is 4.79 Å². The minimum Gasteiger partial charge on any atom is -0.459 e. The van der Waals surface area contributed by atoms with Crippen LogP contribution in [0.2, 0.25) is 0 Å². The van der Waals surface area contributed by atoms with Gasteiger partial charge in [0, 0.05) is 6.54 Å². The minimum absolute atomic E-state index is 0.135. The lowest BCUT2D eigenvalue weighted by Gasteiger charge is -2.24. The summed E-state index contributed by atoms with van der Waals surface area (Å²) in [5.41, 5.74) is 1.92. The molecular formula is C15H21NO2. The monoisotopic (exact) mass is 247 g/mol. The fraction of sp³-hybridized carbons (Fsp3) is 0.533. The van der Waals surface area contributed by atoms with Crippen molar-refractivity contribution in [2.75, 3.05) is 13.1 Å². The summed E-state index contributed by atoms with van der Waals surface area (Å²) in [4.78, 5) is 12.3. The molecule has 1 heterocycles. The van der Waals surface area contributed by atoms with Crippen molar-refractivity contribution in [2.24, 2.45) is 0 Å². The molecule has 0 amide bonds. The topological polar surface area (TPSA) is 38.3 Å². The van der Waals surface area contributed by atoms with Crippen LogP contribution in [0.25, 0.3) is 0 Å². The Balaban J connectivity index is 2.25. The number of nitrogens with one attached hydrogen (secondary N) is 1. The molecule has 0 spiro atoms. The van der Waals surface area contributed by atoms with Crippen LogP contribution >= 0.6 is 0 Å². The van der Waals surface area contributed by atoms with Gasteiger partial charge in [0.05, 0.1) is 5.92 Å². The highest BCUT2D eigenvalue weighted by molar-refractivity contribution is 5.79. The van der Waals surface area contributed by atoms with Crippen LogP contribution in [0.1, 0.15) is 37.8 Å². The number of hydrogen-bond donors (Lipinski definition) is 1. The van der Waals surface area contributed by atoms with Crippen LogP contribution < -0.4 is 5.32 Å². The van der Waals surface area contributed by atoms with Gasteiger partial charge in [0.15, 0.2) is 0 Å². The third-order valence-electron chi connectivity index (χ3n) is 3.04. The van der Waals surface area contributed by atoms with Crippen LogP contribution in [0.3, 0.4) is 0 Å². The van der Waals surface area contributed by atoms with Crippen LogP contribution in [0, 0.1) is 0 Å². The Morgan fingerprint density at radius 3 is 2.78 bits per heavy atom. The molecule has 0 radical (unpaired) electrons. The van der Waals surface area contributed by atoms with E-state index in [1.807, 2.05) is 39.0 Å². The van der Waals surface area contributed by atoms with Crippen molar-refractivity contribution < 1.29 is 9.53 Å². The highest BCUT2D eigenvalue weighted by Gasteiger charge is 2.29. The van der Waals surface area contributed by atoms with Crippen LogP contribution in [0.15, 0.2) is 24.3 Å². The van der Waals surface area contributed by atoms with Crippen molar-refractivity contribution >= 4 is 5.97 Å². The van der Waals surface area contributed by atoms with Crippen LogP contribution in [-0.4, -0.2) is 24.7 Å². The Labute approximate surface area is 109 Å². The summed E-state index contributed by atoms with van der Waals surface area (Å²) in [6.07, 6.45) is 0.968. The molecule has 0 bridgehead atoms. The van der Waals surface area contributed by atoms with Gasteiger partial charge in [0.25, 0.3) is 0 Å². The molecule has 3 heteroatoms. The zero-order valence-electron chi connectivity index (χ0n) is 11.3. The number of fused-ring (bicyclic) bond motifs is 1. The van der Waals surface area contributed by atoms with E-state index in [1.54, 1.807) is 0 Å². The molecule has 1 atom stereocenters. The maximum Gasteiger partial charge on any atom is 0.315 e. The molecule has 1 N–H and O–H groups in total. The lowest BCUT2D eigenvalue weighted by Crippen LogP contribution is -2.32. The molecule has 0 fully saturated rings. The van der Waals surface area contributed by atoms with Gasteiger partial charge in [-0.1, -0.05) is 24.3 Å². The number of carbonyl (C=O) groups excluding carboxylic acids is 1. The summed E-state index contributed by atoms with van der Waals surface area (Å²) < 4.78 is 5.51. The standard InChI is InChI=1S/C15H21NO2/c1-15(2,3)18-14(17)13-10-16-9-8-11-6-4-5-7-12(11)13/h4-7,13,16H,8-10H2,1-3H3. The fourth-order valence-electron chi connectivity index (χ4n) is 2.26. The second-order valence-corrected chi connectivity index (χ2v) is 5.74. The Morgan fingerprint density at radius 2 is 2.06 bits per heavy atom. The zero-order chi connectivity index (χ0) is 13.2. The molecular weight excluding hydrogens is 226 g/mol. The number of esters is 1. The first-order chi connectivity index (χ1) is 8.47. The highest BCUT2D eigenvalue weighted by Crippen LogP contribution is 2.25. The van der Waals surface area contributed by atoms with Crippen LogP contribution in [0.4, 0.5) is 0 Å². The van der Waals surface area contributed by atoms with Crippen molar-refractivity contribution in [3.8, 4) is 0 Å². The Hall–Kier alpha value is -1.35. The van der Waals surface area contributed by atoms with E-state index in [0.29, 0.717) is 6.54 Å². The predicted octanol–water partition coefficient (Wildman–Crippen LogP) is 2.26. The zero-order valence-corrected chi connectivity index (χ0v) is 11.3. The second kappa shape index (κ2) is 5.11. The first-order valence-corrected chi connectivity index (χ1v) is 6.49. The van der Waals surface area contributed by atoms with Crippen molar-refractivity contribution in [3.63, 3.8) is 0 Å². The average molecular weight is 247 g/mol. The van der Waals surface area contributed by atoms with Gasteiger partial charge in [-0.25, -0.2) is 0 Å². The van der Waals surface area contributed by atoms with Crippen LogP contribution in [-0.2, 0) is 16.0 Å². The van der Waals surface area contributed by atoms with Gasteiger partial charge < -0.3 is 10.1 Å². The normalized spacial score (nSPS) is 19.8. The van der Waals surface area contributed by atoms with E-state index in [-0.39, 0.29) is 11.9 Å². The lowest BCUT2D eigenvalue weighted by atomic mass is 9.94. The van der Waals surface area contributed by atoms with E-state index in [1.165, 1.54) is 5.56 Å². The van der Waals surface area contributed by atoms with E-state index in [2.05, 4.69) is 11.4 Å². The summed E-state index contributed by atoms with van der Waals surface area (Å²) in [5.74, 6) is -0.327. The molecule has 0 saturated heterocycles. The fourth-order valence-corrected chi connectivity index (χ4v) is 2.26. The van der Waals surface area contributed by atoms with Gasteiger partial charge in [-0.2, -0.15) is 0 Å². The quantitative estimate of drug-likeness (QED) is 0.774. The van der Waals surface area contributed by atoms with Gasteiger partial charge in [0.2, 0.25) is 0 Å². The molecule has 1 aliphatic rings. The summed E-state index contributed by atoms with van der Waals surface area (Å²) in [7, 11) is 0. The van der Waals surface area contributed by atoms with Crippen molar-refractivity contribution in [3.05, 3.63) is 35.4 Å². The maximum atomic E-state index is 12.3. The summed E-state index contributed by atoms with van der Waals surface area (Å²) in [6.45, 7) is 7.28. The molecule has 3 nitrogen and oxygen atoms in total. The Morgan fingerprint density at radius 1 is 1.33 bits per heavy atom. The van der Waals surface area contributed by atoms with E-state index >= 15 is 0 Å². The van der Waals surface area contributed by atoms with Crippen molar-refractivity contribution in [1.82, 2.24) is 5.32 Å². The molecule has 18 heavy (non-hydrogen) atoms. The molecule has 1 unspecified atom stereocenters. The summed E-state index contributed by atoms with van der Waals surface area (Å²) >= 11 is 0. The van der Waals surface area contributed by atoms with Crippen molar-refractivity contribution in [2.45, 2.75) is 38.7 Å². The maximum absolute atomic E-state index is 12.3. The third kappa shape index (κ3) is 3.10. The van der Waals surface area contributed by atoms with Crippen molar-refractivity contribution in [1.29, 1.82) is 0 Å². The van der Waals surface area contributed by atoms with E-state index in [9.17, 15) is 4.79 Å². The minimum atomic E-state index is -0.432. The first kappa shape index (κ1) is 13.1. The molecule has 0 aliphatic carbocycles. The van der Waals surface area contributed by atoms with Crippen LogP contribution in [0.5, 0.6) is 0 Å². The van der Waals surface area contributed by atoms with Gasteiger partial charge in [-0.15, -0.1) is 0 Å². The highest BCUT2D eigenvalue weighted by atomic mass is 16.6. The average Bonchev–Trinajstić information content (AvgIpc) is 2.48. The molecule has 98 valence electrons. The Bertz CT molecular complexity index is 434. The van der Waals surface area contributed by atoms with Gasteiger partial charge in [-0.05, 0) is 44.9 Å². The molecule has 1 aliphatic heterocycles. The largest absolute Gasteiger partial charge is 0.459 e. The summed E-state index contributed by atoms with van der Waals surface area (Å²) in [5, 5.41) is 3.31. The number of hydrogen-bond acceptors (Lipinski definition) is 3.